The van der Waals surface area contributed by atoms with Crippen LogP contribution in [-0.4, -0.2) is 28.6 Å². The number of imidazole rings is 1. The molecule has 1 unspecified atom stereocenters. The monoisotopic (exact) mass is 437 g/mol. The van der Waals surface area contributed by atoms with E-state index in [4.69, 9.17) is 21.3 Å². The van der Waals surface area contributed by atoms with Gasteiger partial charge < -0.3 is 14.5 Å². The minimum Gasteiger partial charge on any atom is -0.491 e. The number of benzene rings is 2. The van der Waals surface area contributed by atoms with E-state index in [-0.39, 0.29) is 12.5 Å². The molecule has 2 aromatic heterocycles. The molecule has 7 heteroatoms. The second-order valence-corrected chi connectivity index (χ2v) is 7.50. The fourth-order valence-corrected chi connectivity index (χ4v) is 3.59. The van der Waals surface area contributed by atoms with E-state index in [1.807, 2.05) is 59.9 Å². The van der Waals surface area contributed by atoms with E-state index in [0.717, 1.165) is 16.9 Å². The number of para-hydroxylation sites is 1. The van der Waals surface area contributed by atoms with E-state index >= 15 is 0 Å². The molecular weight excluding hydrogens is 417 g/mol. The third-order valence-electron chi connectivity index (χ3n) is 4.94. The molecule has 5 nitrogen and oxygen atoms in total. The highest BCUT2D eigenvalue weighted by atomic mass is 35.5. The topological polar surface area (TPSA) is 55.6 Å². The summed E-state index contributed by atoms with van der Waals surface area (Å²) in [6.45, 7) is 1.30. The van der Waals surface area contributed by atoms with Crippen molar-refractivity contribution in [3.05, 3.63) is 83.6 Å². The smallest absolute Gasteiger partial charge is 0.233 e. The van der Waals surface area contributed by atoms with Gasteiger partial charge in [-0.3, -0.25) is 4.79 Å². The molecule has 0 aliphatic heterocycles. The molecule has 4 aromatic rings. The second kappa shape index (κ2) is 9.18. The number of amides is 1. The summed E-state index contributed by atoms with van der Waals surface area (Å²) in [4.78, 5) is 17.8. The van der Waals surface area contributed by atoms with Crippen LogP contribution in [0.3, 0.4) is 0 Å². The first kappa shape index (κ1) is 20.9. The lowest BCUT2D eigenvalue weighted by atomic mass is 10.0. The maximum atomic E-state index is 13.1. The van der Waals surface area contributed by atoms with Gasteiger partial charge in [-0.1, -0.05) is 29.8 Å². The van der Waals surface area contributed by atoms with Crippen molar-refractivity contribution in [2.45, 2.75) is 12.8 Å². The highest BCUT2D eigenvalue weighted by Crippen LogP contribution is 2.32. The number of alkyl halides is 1. The molecule has 0 saturated carbocycles. The number of aromatic nitrogens is 2. The summed E-state index contributed by atoms with van der Waals surface area (Å²) in [5, 5.41) is 3.50. The third-order valence-corrected chi connectivity index (χ3v) is 5.16. The first-order valence-electron chi connectivity index (χ1n) is 9.89. The van der Waals surface area contributed by atoms with Crippen LogP contribution < -0.4 is 10.1 Å². The van der Waals surface area contributed by atoms with Crippen molar-refractivity contribution < 1.29 is 13.9 Å². The Morgan fingerprint density at radius 3 is 2.58 bits per heavy atom. The first-order valence-corrected chi connectivity index (χ1v) is 10.3. The number of nitrogens with one attached hydrogen (secondary N) is 1. The number of hydrogen-bond donors (Lipinski definition) is 1. The molecule has 0 aliphatic carbocycles. The maximum Gasteiger partial charge on any atom is 0.233 e. The van der Waals surface area contributed by atoms with Crippen LogP contribution in [0.1, 0.15) is 18.5 Å². The van der Waals surface area contributed by atoms with Crippen LogP contribution >= 0.6 is 11.6 Å². The first-order chi connectivity index (χ1) is 15.1. The number of halogens is 2. The number of fused-ring (bicyclic) bond motifs is 1. The Balaban J connectivity index is 1.74. The van der Waals surface area contributed by atoms with Gasteiger partial charge in [0.25, 0.3) is 0 Å². The van der Waals surface area contributed by atoms with Gasteiger partial charge in [-0.15, -0.1) is 0 Å². The predicted molar refractivity (Wildman–Crippen MR) is 121 cm³/mol. The van der Waals surface area contributed by atoms with E-state index in [9.17, 15) is 9.18 Å². The van der Waals surface area contributed by atoms with Crippen molar-refractivity contribution in [3.8, 4) is 17.0 Å². The standard InChI is InChI=1S/C24H21ClFN3O2/c1-16(24(30)27-19-5-3-2-4-6-19)23-22(28-21-12-9-18(25)15-29(21)23)17-7-10-20(11-8-17)31-14-13-26/h2-12,15-16H,13-14H2,1H3,(H,27,30). The summed E-state index contributed by atoms with van der Waals surface area (Å²) < 4.78 is 19.5. The summed E-state index contributed by atoms with van der Waals surface area (Å²) in [5.41, 5.74) is 3.63. The second-order valence-electron chi connectivity index (χ2n) is 7.06. The highest BCUT2D eigenvalue weighted by molar-refractivity contribution is 6.30. The molecule has 0 aliphatic rings. The number of carbonyl (C=O) groups is 1. The molecule has 158 valence electrons. The Kier molecular flexibility index (Phi) is 6.18. The average Bonchev–Trinajstić information content (AvgIpc) is 3.16. The van der Waals surface area contributed by atoms with E-state index in [1.165, 1.54) is 0 Å². The summed E-state index contributed by atoms with van der Waals surface area (Å²) in [6, 6.07) is 20.1. The number of pyridine rings is 1. The largest absolute Gasteiger partial charge is 0.491 e. The normalized spacial score (nSPS) is 12.0. The third kappa shape index (κ3) is 4.54. The minimum atomic E-state index is -0.548. The van der Waals surface area contributed by atoms with Crippen LogP contribution in [0.5, 0.6) is 5.75 Å². The van der Waals surface area contributed by atoms with E-state index < -0.39 is 12.6 Å². The molecular formula is C24H21ClFN3O2. The molecule has 1 N–H and O–H groups in total. The van der Waals surface area contributed by atoms with E-state index in [2.05, 4.69) is 5.32 Å². The summed E-state index contributed by atoms with van der Waals surface area (Å²) in [6.07, 6.45) is 1.76. The molecule has 2 heterocycles. The van der Waals surface area contributed by atoms with Gasteiger partial charge in [0.2, 0.25) is 5.91 Å². The van der Waals surface area contributed by atoms with Crippen molar-refractivity contribution in [2.75, 3.05) is 18.6 Å². The van der Waals surface area contributed by atoms with Crippen LogP contribution in [-0.2, 0) is 4.79 Å². The Labute approximate surface area is 184 Å². The fraction of sp³-hybridized carbons (Fsp3) is 0.167. The van der Waals surface area contributed by atoms with E-state index in [0.29, 0.717) is 22.1 Å². The van der Waals surface area contributed by atoms with Gasteiger partial charge in [0.05, 0.1) is 22.3 Å². The molecule has 0 fully saturated rings. The van der Waals surface area contributed by atoms with Crippen LogP contribution in [0.15, 0.2) is 72.9 Å². The molecule has 0 saturated heterocycles. The lowest BCUT2D eigenvalue weighted by molar-refractivity contribution is -0.117. The number of carbonyl (C=O) groups excluding carboxylic acids is 1. The van der Waals surface area contributed by atoms with Crippen molar-refractivity contribution in [1.82, 2.24) is 9.38 Å². The molecule has 0 bridgehead atoms. The van der Waals surface area contributed by atoms with Crippen LogP contribution in [0.25, 0.3) is 16.9 Å². The average molecular weight is 438 g/mol. The van der Waals surface area contributed by atoms with Gasteiger partial charge in [0.1, 0.15) is 24.7 Å². The SMILES string of the molecule is CC(C(=O)Nc1ccccc1)c1c(-c2ccc(OCCF)cc2)nc2ccc(Cl)cn12. The van der Waals surface area contributed by atoms with Gasteiger partial charge in [-0.2, -0.15) is 0 Å². The van der Waals surface area contributed by atoms with E-state index in [1.54, 1.807) is 24.4 Å². The number of ether oxygens (including phenoxy) is 1. The Hall–Kier alpha value is -3.38. The number of hydrogen-bond acceptors (Lipinski definition) is 3. The number of anilines is 1. The van der Waals surface area contributed by atoms with Crippen LogP contribution in [0, 0.1) is 0 Å². The Morgan fingerprint density at radius 2 is 1.87 bits per heavy atom. The van der Waals surface area contributed by atoms with Crippen molar-refractivity contribution in [2.24, 2.45) is 0 Å². The van der Waals surface area contributed by atoms with Crippen LogP contribution in [0.2, 0.25) is 5.02 Å². The van der Waals surface area contributed by atoms with Gasteiger partial charge in [-0.25, -0.2) is 9.37 Å². The van der Waals surface area contributed by atoms with Gasteiger partial charge in [0, 0.05) is 17.4 Å². The summed E-state index contributed by atoms with van der Waals surface area (Å²) in [7, 11) is 0. The summed E-state index contributed by atoms with van der Waals surface area (Å²) in [5.74, 6) is -0.0899. The number of nitrogens with zero attached hydrogens (tertiary/aromatic N) is 2. The maximum absolute atomic E-state index is 13.1. The predicted octanol–water partition coefficient (Wildman–Crippen LogP) is 5.75. The quantitative estimate of drug-likeness (QED) is 0.400. The zero-order valence-electron chi connectivity index (χ0n) is 16.9. The lowest BCUT2D eigenvalue weighted by Gasteiger charge is -2.15. The molecule has 31 heavy (non-hydrogen) atoms. The molecule has 4 rings (SSSR count). The van der Waals surface area contributed by atoms with Crippen molar-refractivity contribution in [1.29, 1.82) is 0 Å². The summed E-state index contributed by atoms with van der Waals surface area (Å²) >= 11 is 6.23. The molecule has 0 spiro atoms. The van der Waals surface area contributed by atoms with Gasteiger partial charge in [0.15, 0.2) is 0 Å². The Bertz CT molecular complexity index is 1190. The zero-order valence-corrected chi connectivity index (χ0v) is 17.6. The van der Waals surface area contributed by atoms with Gasteiger partial charge in [-0.05, 0) is 55.5 Å². The Morgan fingerprint density at radius 1 is 1.13 bits per heavy atom. The molecule has 2 aromatic carbocycles. The van der Waals surface area contributed by atoms with Crippen molar-refractivity contribution >= 4 is 28.8 Å². The number of rotatable bonds is 7. The molecule has 1 atom stereocenters. The zero-order chi connectivity index (χ0) is 21.8. The lowest BCUT2D eigenvalue weighted by Crippen LogP contribution is -2.20. The molecule has 1 amide bonds. The van der Waals surface area contributed by atoms with Gasteiger partial charge >= 0.3 is 0 Å². The minimum absolute atomic E-state index is 0.00809. The fourth-order valence-electron chi connectivity index (χ4n) is 3.42. The molecule has 0 radical (unpaired) electrons. The van der Waals surface area contributed by atoms with Crippen molar-refractivity contribution in [3.63, 3.8) is 0 Å². The van der Waals surface area contributed by atoms with Crippen LogP contribution in [0.4, 0.5) is 10.1 Å². The highest BCUT2D eigenvalue weighted by Gasteiger charge is 2.25.